The van der Waals surface area contributed by atoms with E-state index in [2.05, 4.69) is 5.32 Å². The number of carbonyl (C=O) groups is 1. The molecule has 0 unspecified atom stereocenters. The first-order valence-electron chi connectivity index (χ1n) is 6.45. The van der Waals surface area contributed by atoms with E-state index in [0.29, 0.717) is 6.42 Å². The lowest BCUT2D eigenvalue weighted by molar-refractivity contribution is -0.122. The Bertz CT molecular complexity index is 644. The fraction of sp³-hybridized carbons (Fsp3) is 0.188. The predicted molar refractivity (Wildman–Crippen MR) is 74.3 cm³/mol. The van der Waals surface area contributed by atoms with Crippen LogP contribution in [-0.2, 0) is 11.2 Å². The van der Waals surface area contributed by atoms with E-state index < -0.39 is 11.9 Å². The highest BCUT2D eigenvalue weighted by molar-refractivity contribution is 5.95. The molecule has 0 spiro atoms. The van der Waals surface area contributed by atoms with Crippen molar-refractivity contribution in [1.29, 1.82) is 0 Å². The van der Waals surface area contributed by atoms with E-state index in [4.69, 9.17) is 4.74 Å². The van der Waals surface area contributed by atoms with Gasteiger partial charge in [0.2, 0.25) is 0 Å². The zero-order valence-corrected chi connectivity index (χ0v) is 11.0. The normalized spacial score (nSPS) is 16.4. The molecule has 1 aliphatic heterocycles. The Morgan fingerprint density at radius 2 is 2.10 bits per heavy atom. The van der Waals surface area contributed by atoms with Gasteiger partial charge in [0.1, 0.15) is 11.6 Å². The van der Waals surface area contributed by atoms with Crippen molar-refractivity contribution in [3.05, 3.63) is 59.4 Å². The van der Waals surface area contributed by atoms with E-state index in [0.717, 1.165) is 16.9 Å². The van der Waals surface area contributed by atoms with Gasteiger partial charge >= 0.3 is 0 Å². The van der Waals surface area contributed by atoms with Crippen LogP contribution in [0.1, 0.15) is 11.1 Å². The molecule has 0 saturated carbocycles. The zero-order valence-electron chi connectivity index (χ0n) is 11.0. The topological polar surface area (TPSA) is 38.3 Å². The summed E-state index contributed by atoms with van der Waals surface area (Å²) in [7, 11) is 0. The molecule has 0 aliphatic carbocycles. The molecule has 0 bridgehead atoms. The van der Waals surface area contributed by atoms with Gasteiger partial charge in [-0.1, -0.05) is 24.3 Å². The quantitative estimate of drug-likeness (QED) is 0.911. The molecular formula is C16H14FNO2. The number of benzene rings is 2. The summed E-state index contributed by atoms with van der Waals surface area (Å²) in [5.41, 5.74) is 1.99. The van der Waals surface area contributed by atoms with Gasteiger partial charge < -0.3 is 10.1 Å². The van der Waals surface area contributed by atoms with Crippen molar-refractivity contribution < 1.29 is 13.9 Å². The van der Waals surface area contributed by atoms with Crippen LogP contribution >= 0.6 is 0 Å². The molecular weight excluding hydrogens is 257 g/mol. The molecule has 0 saturated heterocycles. The lowest BCUT2D eigenvalue weighted by Crippen LogP contribution is -2.31. The molecule has 0 fully saturated rings. The molecule has 0 aromatic heterocycles. The summed E-state index contributed by atoms with van der Waals surface area (Å²) in [6.45, 7) is 1.80. The minimum absolute atomic E-state index is 0.181. The Morgan fingerprint density at radius 3 is 2.85 bits per heavy atom. The Balaban J connectivity index is 1.72. The zero-order chi connectivity index (χ0) is 14.1. The Labute approximate surface area is 116 Å². The highest BCUT2D eigenvalue weighted by Gasteiger charge is 2.29. The Kier molecular flexibility index (Phi) is 3.14. The van der Waals surface area contributed by atoms with E-state index in [1.165, 1.54) is 6.07 Å². The number of hydrogen-bond donors (Lipinski definition) is 1. The second kappa shape index (κ2) is 4.96. The van der Waals surface area contributed by atoms with Crippen LogP contribution in [0.4, 0.5) is 10.1 Å². The van der Waals surface area contributed by atoms with Crippen LogP contribution in [0, 0.1) is 12.7 Å². The summed E-state index contributed by atoms with van der Waals surface area (Å²) in [5, 5.41) is 2.58. The number of aryl methyl sites for hydroxylation is 1. The van der Waals surface area contributed by atoms with Crippen molar-refractivity contribution in [3.63, 3.8) is 0 Å². The number of hydrogen-bond acceptors (Lipinski definition) is 2. The standard InChI is InChI=1S/C16H14FNO2/c1-10-6-7-13(12(17)8-10)18-16(19)15-9-11-4-2-3-5-14(11)20-15/h2-8,15H,9H2,1H3,(H,18,19)/t15-/m0/s1. The third kappa shape index (κ3) is 2.37. The third-order valence-electron chi connectivity index (χ3n) is 3.32. The summed E-state index contributed by atoms with van der Waals surface area (Å²) < 4.78 is 19.3. The molecule has 3 nitrogen and oxygen atoms in total. The van der Waals surface area contributed by atoms with Crippen molar-refractivity contribution in [1.82, 2.24) is 0 Å². The van der Waals surface area contributed by atoms with Gasteiger partial charge in [0.15, 0.2) is 6.10 Å². The van der Waals surface area contributed by atoms with Gasteiger partial charge in [0, 0.05) is 6.42 Å². The molecule has 2 aromatic carbocycles. The molecule has 1 heterocycles. The van der Waals surface area contributed by atoms with Crippen LogP contribution in [0.5, 0.6) is 5.75 Å². The average molecular weight is 271 g/mol. The van der Waals surface area contributed by atoms with Crippen molar-refractivity contribution in [2.24, 2.45) is 0 Å². The molecule has 0 radical (unpaired) electrons. The number of amides is 1. The Hall–Kier alpha value is -2.36. The molecule has 20 heavy (non-hydrogen) atoms. The van der Waals surface area contributed by atoms with Gasteiger partial charge in [0.05, 0.1) is 5.69 Å². The SMILES string of the molecule is Cc1ccc(NC(=O)[C@@H]2Cc3ccccc3O2)c(F)c1. The number of fused-ring (bicyclic) bond motifs is 1. The van der Waals surface area contributed by atoms with Crippen LogP contribution in [-0.4, -0.2) is 12.0 Å². The molecule has 2 aromatic rings. The number of ether oxygens (including phenoxy) is 1. The minimum Gasteiger partial charge on any atom is -0.480 e. The van der Waals surface area contributed by atoms with Crippen LogP contribution in [0.3, 0.4) is 0 Å². The lowest BCUT2D eigenvalue weighted by atomic mass is 10.1. The maximum absolute atomic E-state index is 13.7. The summed E-state index contributed by atoms with van der Waals surface area (Å²) in [4.78, 5) is 12.1. The van der Waals surface area contributed by atoms with E-state index in [9.17, 15) is 9.18 Å². The van der Waals surface area contributed by atoms with Crippen molar-refractivity contribution >= 4 is 11.6 Å². The van der Waals surface area contributed by atoms with E-state index in [-0.39, 0.29) is 11.6 Å². The lowest BCUT2D eigenvalue weighted by Gasteiger charge is -2.12. The number of halogens is 1. The fourth-order valence-corrected chi connectivity index (χ4v) is 2.26. The van der Waals surface area contributed by atoms with E-state index >= 15 is 0 Å². The monoisotopic (exact) mass is 271 g/mol. The second-order valence-electron chi connectivity index (χ2n) is 4.89. The number of anilines is 1. The smallest absolute Gasteiger partial charge is 0.265 e. The number of rotatable bonds is 2. The van der Waals surface area contributed by atoms with Crippen molar-refractivity contribution in [2.75, 3.05) is 5.32 Å². The summed E-state index contributed by atoms with van der Waals surface area (Å²) in [5.74, 6) is -0.0464. The number of nitrogens with one attached hydrogen (secondary N) is 1. The molecule has 1 aliphatic rings. The largest absolute Gasteiger partial charge is 0.480 e. The summed E-state index contributed by atoms with van der Waals surface area (Å²) >= 11 is 0. The van der Waals surface area contributed by atoms with Gasteiger partial charge in [-0.3, -0.25) is 4.79 Å². The molecule has 1 amide bonds. The molecule has 3 rings (SSSR count). The van der Waals surface area contributed by atoms with Gasteiger partial charge in [-0.05, 0) is 36.2 Å². The molecule has 1 atom stereocenters. The minimum atomic E-state index is -0.604. The van der Waals surface area contributed by atoms with Gasteiger partial charge in [-0.2, -0.15) is 0 Å². The van der Waals surface area contributed by atoms with Crippen molar-refractivity contribution in [3.8, 4) is 5.75 Å². The summed E-state index contributed by atoms with van der Waals surface area (Å²) in [6.07, 6.45) is -0.0942. The first kappa shape index (κ1) is 12.7. The maximum Gasteiger partial charge on any atom is 0.265 e. The fourth-order valence-electron chi connectivity index (χ4n) is 2.26. The average Bonchev–Trinajstić information content (AvgIpc) is 2.86. The number of carbonyl (C=O) groups excluding carboxylic acids is 1. The van der Waals surface area contributed by atoms with E-state index in [1.54, 1.807) is 19.1 Å². The first-order chi connectivity index (χ1) is 9.63. The maximum atomic E-state index is 13.7. The van der Waals surface area contributed by atoms with Gasteiger partial charge in [-0.25, -0.2) is 4.39 Å². The highest BCUT2D eigenvalue weighted by atomic mass is 19.1. The van der Waals surface area contributed by atoms with Gasteiger partial charge in [-0.15, -0.1) is 0 Å². The van der Waals surface area contributed by atoms with Crippen LogP contribution in [0.15, 0.2) is 42.5 Å². The van der Waals surface area contributed by atoms with Crippen LogP contribution < -0.4 is 10.1 Å². The third-order valence-corrected chi connectivity index (χ3v) is 3.32. The number of para-hydroxylation sites is 1. The van der Waals surface area contributed by atoms with Crippen LogP contribution in [0.25, 0.3) is 0 Å². The Morgan fingerprint density at radius 1 is 1.30 bits per heavy atom. The summed E-state index contributed by atoms with van der Waals surface area (Å²) in [6, 6.07) is 12.2. The van der Waals surface area contributed by atoms with Crippen molar-refractivity contribution in [2.45, 2.75) is 19.4 Å². The molecule has 4 heteroatoms. The molecule has 102 valence electrons. The predicted octanol–water partition coefficient (Wildman–Crippen LogP) is 3.08. The van der Waals surface area contributed by atoms with Gasteiger partial charge in [0.25, 0.3) is 5.91 Å². The van der Waals surface area contributed by atoms with Crippen LogP contribution in [0.2, 0.25) is 0 Å². The molecule has 1 N–H and O–H groups in total. The highest BCUT2D eigenvalue weighted by Crippen LogP contribution is 2.28. The first-order valence-corrected chi connectivity index (χ1v) is 6.45. The second-order valence-corrected chi connectivity index (χ2v) is 4.89. The van der Waals surface area contributed by atoms with E-state index in [1.807, 2.05) is 24.3 Å².